The molecule has 188 valence electrons. The molecule has 1 saturated heterocycles. The summed E-state index contributed by atoms with van der Waals surface area (Å²) >= 11 is 0. The van der Waals surface area contributed by atoms with Gasteiger partial charge in [-0.15, -0.1) is 0 Å². The Labute approximate surface area is 197 Å². The lowest BCUT2D eigenvalue weighted by Crippen LogP contribution is -2.56. The summed E-state index contributed by atoms with van der Waals surface area (Å²) in [4.78, 5) is 62.3. The maximum atomic E-state index is 13.2. The van der Waals surface area contributed by atoms with Crippen LogP contribution in [-0.2, 0) is 24.0 Å². The van der Waals surface area contributed by atoms with Crippen LogP contribution in [0.2, 0.25) is 0 Å². The first-order valence-corrected chi connectivity index (χ1v) is 11.8. The molecule has 3 aliphatic rings. The standard InChI is InChI=1S/C23H33FN4O6/c1-23(5-3-6-23)11-17(28-22(34)21(33)26-15-9-14(24)10-15)20(32)27-16(18(30)12-29)8-13-4-2-7-25-19(13)31/h9,13-14,16-17,29H,2-8,10-12H2,1H3,(H,25,31)(H,26,33)(H,27,32)(H,28,34)/t13-,14?,16-,17-/m0/s1. The average molecular weight is 481 g/mol. The number of alkyl halides is 1. The van der Waals surface area contributed by atoms with Crippen LogP contribution in [0.5, 0.6) is 0 Å². The number of hydrogen-bond acceptors (Lipinski definition) is 6. The van der Waals surface area contributed by atoms with Gasteiger partial charge in [0.25, 0.3) is 0 Å². The zero-order valence-corrected chi connectivity index (χ0v) is 19.3. The van der Waals surface area contributed by atoms with Gasteiger partial charge in [-0.3, -0.25) is 24.0 Å². The minimum atomic E-state index is -1.15. The molecule has 0 aromatic heterocycles. The number of rotatable bonds is 10. The number of ketones is 1. The van der Waals surface area contributed by atoms with Gasteiger partial charge in [-0.25, -0.2) is 4.39 Å². The Balaban J connectivity index is 1.67. The molecule has 5 N–H and O–H groups in total. The Hall–Kier alpha value is -2.82. The number of carbonyl (C=O) groups is 5. The number of Topliss-reactive ketones (excluding diaryl/α,β-unsaturated/α-hetero) is 1. The third kappa shape index (κ3) is 6.62. The summed E-state index contributed by atoms with van der Waals surface area (Å²) in [6.07, 6.45) is 4.35. The van der Waals surface area contributed by atoms with Crippen LogP contribution in [0.3, 0.4) is 0 Å². The fourth-order valence-electron chi connectivity index (χ4n) is 4.60. The highest BCUT2D eigenvalue weighted by molar-refractivity contribution is 6.35. The Morgan fingerprint density at radius 1 is 1.18 bits per heavy atom. The van der Waals surface area contributed by atoms with Crippen molar-refractivity contribution < 1.29 is 33.5 Å². The molecule has 4 atom stereocenters. The third-order valence-corrected chi connectivity index (χ3v) is 6.94. The highest BCUT2D eigenvalue weighted by Crippen LogP contribution is 2.44. The molecule has 2 aliphatic carbocycles. The van der Waals surface area contributed by atoms with E-state index in [9.17, 15) is 33.5 Å². The number of aliphatic hydroxyl groups is 1. The minimum absolute atomic E-state index is 0.0146. The van der Waals surface area contributed by atoms with E-state index < -0.39 is 54.3 Å². The molecule has 0 bridgehead atoms. The van der Waals surface area contributed by atoms with Gasteiger partial charge in [0.2, 0.25) is 11.8 Å². The van der Waals surface area contributed by atoms with Gasteiger partial charge in [0, 0.05) is 24.6 Å². The molecule has 4 amide bonds. The van der Waals surface area contributed by atoms with E-state index in [-0.39, 0.29) is 30.6 Å². The van der Waals surface area contributed by atoms with Crippen LogP contribution in [0, 0.1) is 11.3 Å². The van der Waals surface area contributed by atoms with Crippen LogP contribution in [0.4, 0.5) is 4.39 Å². The second kappa shape index (κ2) is 11.1. The molecule has 1 unspecified atom stereocenters. The molecular weight excluding hydrogens is 447 g/mol. The van der Waals surface area contributed by atoms with E-state index in [2.05, 4.69) is 21.3 Å². The van der Waals surface area contributed by atoms with E-state index in [1.807, 2.05) is 6.92 Å². The Bertz CT molecular complexity index is 872. The molecule has 3 rings (SSSR count). The van der Waals surface area contributed by atoms with Crippen LogP contribution >= 0.6 is 0 Å². The predicted octanol–water partition coefficient (Wildman–Crippen LogP) is -0.244. The number of nitrogens with one attached hydrogen (secondary N) is 4. The second-order valence-electron chi connectivity index (χ2n) is 9.81. The van der Waals surface area contributed by atoms with E-state index in [1.165, 1.54) is 6.08 Å². The topological polar surface area (TPSA) is 154 Å². The van der Waals surface area contributed by atoms with E-state index in [1.54, 1.807) is 0 Å². The fraction of sp³-hybridized carbons (Fsp3) is 0.696. The minimum Gasteiger partial charge on any atom is -0.389 e. The van der Waals surface area contributed by atoms with E-state index in [0.717, 1.165) is 25.7 Å². The lowest BCUT2D eigenvalue weighted by atomic mass is 9.67. The Morgan fingerprint density at radius 2 is 1.88 bits per heavy atom. The van der Waals surface area contributed by atoms with Crippen molar-refractivity contribution in [3.8, 4) is 0 Å². The number of piperidine rings is 1. The fourth-order valence-corrected chi connectivity index (χ4v) is 4.60. The third-order valence-electron chi connectivity index (χ3n) is 6.94. The Kier molecular flexibility index (Phi) is 8.40. The summed E-state index contributed by atoms with van der Waals surface area (Å²) in [7, 11) is 0. The summed E-state index contributed by atoms with van der Waals surface area (Å²) in [6.45, 7) is 1.73. The van der Waals surface area contributed by atoms with Crippen molar-refractivity contribution in [1.82, 2.24) is 21.3 Å². The first-order chi connectivity index (χ1) is 16.1. The summed E-state index contributed by atoms with van der Waals surface area (Å²) in [5.41, 5.74) is 0.0997. The largest absolute Gasteiger partial charge is 0.389 e. The average Bonchev–Trinajstić information content (AvgIpc) is 2.76. The first-order valence-electron chi connectivity index (χ1n) is 11.8. The predicted molar refractivity (Wildman–Crippen MR) is 119 cm³/mol. The molecule has 0 radical (unpaired) electrons. The lowest BCUT2D eigenvalue weighted by molar-refractivity contribution is -0.141. The van der Waals surface area contributed by atoms with Crippen molar-refractivity contribution in [3.05, 3.63) is 11.8 Å². The zero-order chi connectivity index (χ0) is 24.9. The van der Waals surface area contributed by atoms with Gasteiger partial charge in [0.15, 0.2) is 5.78 Å². The molecule has 10 nitrogen and oxygen atoms in total. The van der Waals surface area contributed by atoms with Crippen LogP contribution in [0.15, 0.2) is 11.8 Å². The molecule has 11 heteroatoms. The quantitative estimate of drug-likeness (QED) is 0.272. The van der Waals surface area contributed by atoms with Gasteiger partial charge in [0.05, 0.1) is 6.04 Å². The van der Waals surface area contributed by atoms with Crippen LogP contribution in [0.1, 0.15) is 58.3 Å². The van der Waals surface area contributed by atoms with Crippen molar-refractivity contribution in [2.45, 2.75) is 76.5 Å². The number of aliphatic hydroxyl groups excluding tert-OH is 1. The van der Waals surface area contributed by atoms with Crippen LogP contribution in [-0.4, -0.2) is 65.9 Å². The first kappa shape index (κ1) is 25.8. The van der Waals surface area contributed by atoms with E-state index in [0.29, 0.717) is 18.7 Å². The SMILES string of the molecule is CC1(C[C@H](NC(=O)C(=O)NC2=CC(F)C2)C(=O)N[C@@H](C[C@@H]2CCCNC2=O)C(=O)CO)CCC1. The van der Waals surface area contributed by atoms with E-state index in [4.69, 9.17) is 0 Å². The molecule has 34 heavy (non-hydrogen) atoms. The smallest absolute Gasteiger partial charge is 0.313 e. The Morgan fingerprint density at radius 3 is 2.44 bits per heavy atom. The number of allylic oxidation sites excluding steroid dienone is 2. The number of halogens is 1. The molecule has 0 aromatic rings. The number of amides is 4. The van der Waals surface area contributed by atoms with Gasteiger partial charge in [-0.1, -0.05) is 13.3 Å². The van der Waals surface area contributed by atoms with Crippen LogP contribution < -0.4 is 21.3 Å². The van der Waals surface area contributed by atoms with Gasteiger partial charge < -0.3 is 26.4 Å². The van der Waals surface area contributed by atoms with Gasteiger partial charge in [-0.2, -0.15) is 0 Å². The van der Waals surface area contributed by atoms with Crippen molar-refractivity contribution >= 4 is 29.4 Å². The molecule has 2 fully saturated rings. The second-order valence-corrected chi connectivity index (χ2v) is 9.81. The normalized spacial score (nSPS) is 24.8. The van der Waals surface area contributed by atoms with Gasteiger partial charge in [-0.05, 0) is 50.0 Å². The van der Waals surface area contributed by atoms with E-state index >= 15 is 0 Å². The highest BCUT2D eigenvalue weighted by atomic mass is 19.1. The van der Waals surface area contributed by atoms with Crippen LogP contribution in [0.25, 0.3) is 0 Å². The molecule has 1 saturated carbocycles. The summed E-state index contributed by atoms with van der Waals surface area (Å²) < 4.78 is 12.9. The monoisotopic (exact) mass is 480 g/mol. The number of hydrogen-bond donors (Lipinski definition) is 5. The van der Waals surface area contributed by atoms with Crippen molar-refractivity contribution in [1.29, 1.82) is 0 Å². The highest BCUT2D eigenvalue weighted by Gasteiger charge is 2.39. The lowest BCUT2D eigenvalue weighted by Gasteiger charge is -2.41. The molecule has 0 aromatic carbocycles. The summed E-state index contributed by atoms with van der Waals surface area (Å²) in [5.74, 6) is -4.03. The maximum absolute atomic E-state index is 13.2. The van der Waals surface area contributed by atoms with Gasteiger partial charge >= 0.3 is 11.8 Å². The zero-order valence-electron chi connectivity index (χ0n) is 19.3. The molecule has 0 spiro atoms. The molecule has 1 aliphatic heterocycles. The maximum Gasteiger partial charge on any atom is 0.313 e. The summed E-state index contributed by atoms with van der Waals surface area (Å²) in [6, 6.07) is -2.20. The van der Waals surface area contributed by atoms with Crippen molar-refractivity contribution in [3.63, 3.8) is 0 Å². The van der Waals surface area contributed by atoms with Gasteiger partial charge in [0.1, 0.15) is 18.8 Å². The van der Waals surface area contributed by atoms with Crippen molar-refractivity contribution in [2.75, 3.05) is 13.2 Å². The number of carbonyl (C=O) groups excluding carboxylic acids is 5. The molecular formula is C23H33FN4O6. The summed E-state index contributed by atoms with van der Waals surface area (Å²) in [5, 5.41) is 19.5. The molecule has 1 heterocycles. The van der Waals surface area contributed by atoms with Crippen molar-refractivity contribution in [2.24, 2.45) is 11.3 Å².